The Morgan fingerprint density at radius 1 is 0.880 bits per heavy atom. The van der Waals surface area contributed by atoms with Crippen molar-refractivity contribution in [1.82, 2.24) is 19.5 Å². The first-order valence-corrected chi connectivity index (χ1v) is 8.28. The first kappa shape index (κ1) is 15.3. The first-order chi connectivity index (χ1) is 12.3. The predicted octanol–water partition coefficient (Wildman–Crippen LogP) is 3.61. The zero-order chi connectivity index (χ0) is 17.1. The molecule has 0 amide bonds. The van der Waals surface area contributed by atoms with E-state index < -0.39 is 0 Å². The molecule has 0 atom stereocenters. The lowest BCUT2D eigenvalue weighted by atomic mass is 9.91. The van der Waals surface area contributed by atoms with Crippen molar-refractivity contribution in [1.29, 1.82) is 0 Å². The number of imidazole rings is 1. The predicted molar refractivity (Wildman–Crippen MR) is 99.5 cm³/mol. The average Bonchev–Trinajstić information content (AvgIpc) is 3.06. The van der Waals surface area contributed by atoms with E-state index >= 15 is 0 Å². The van der Waals surface area contributed by atoms with E-state index in [0.717, 1.165) is 23.5 Å². The van der Waals surface area contributed by atoms with Gasteiger partial charge in [-0.3, -0.25) is 0 Å². The minimum Gasteiger partial charge on any atom is -0.367 e. The number of rotatable bonds is 5. The Morgan fingerprint density at radius 3 is 2.16 bits per heavy atom. The van der Waals surface area contributed by atoms with Gasteiger partial charge in [0.15, 0.2) is 11.5 Å². The molecule has 1 N–H and O–H groups in total. The largest absolute Gasteiger partial charge is 0.367 e. The maximum absolute atomic E-state index is 4.42. The van der Waals surface area contributed by atoms with Crippen LogP contribution in [0.1, 0.15) is 17.0 Å². The lowest BCUT2D eigenvalue weighted by molar-refractivity contribution is 0.848. The van der Waals surface area contributed by atoms with Crippen molar-refractivity contribution < 1.29 is 0 Å². The molecule has 0 aliphatic heterocycles. The SMILES string of the molecule is Cn1cnc2c(NCC(c3ccccc3)c3ccccc3)ncnc21. The monoisotopic (exact) mass is 329 g/mol. The number of nitrogens with one attached hydrogen (secondary N) is 1. The number of fused-ring (bicyclic) bond motifs is 1. The summed E-state index contributed by atoms with van der Waals surface area (Å²) in [6.45, 7) is 0.733. The van der Waals surface area contributed by atoms with E-state index in [1.165, 1.54) is 11.1 Å². The number of hydrogen-bond acceptors (Lipinski definition) is 4. The van der Waals surface area contributed by atoms with Gasteiger partial charge in [0.25, 0.3) is 0 Å². The second-order valence-electron chi connectivity index (χ2n) is 6.00. The maximum atomic E-state index is 4.42. The Hall–Kier alpha value is -3.21. The summed E-state index contributed by atoms with van der Waals surface area (Å²) < 4.78 is 1.90. The molecular formula is C20H19N5. The summed E-state index contributed by atoms with van der Waals surface area (Å²) in [5.74, 6) is 0.999. The Bertz CT molecular complexity index is 924. The Balaban J connectivity index is 1.65. The average molecular weight is 329 g/mol. The standard InChI is InChI=1S/C20H19N5/c1-25-14-24-18-19(22-13-23-20(18)25)21-12-17(15-8-4-2-5-9-15)16-10-6-3-7-11-16/h2-11,13-14,17H,12H2,1H3,(H,21,22,23). The zero-order valence-corrected chi connectivity index (χ0v) is 14.0. The molecule has 0 spiro atoms. The van der Waals surface area contributed by atoms with E-state index in [1.54, 1.807) is 12.7 Å². The van der Waals surface area contributed by atoms with Gasteiger partial charge in [-0.15, -0.1) is 0 Å². The van der Waals surface area contributed by atoms with Crippen molar-refractivity contribution in [2.75, 3.05) is 11.9 Å². The highest BCUT2D eigenvalue weighted by Gasteiger charge is 2.15. The van der Waals surface area contributed by atoms with Gasteiger partial charge in [0.2, 0.25) is 0 Å². The molecule has 0 aliphatic carbocycles. The second kappa shape index (κ2) is 6.73. The lowest BCUT2D eigenvalue weighted by Gasteiger charge is -2.19. The molecule has 5 nitrogen and oxygen atoms in total. The summed E-state index contributed by atoms with van der Waals surface area (Å²) in [6.07, 6.45) is 3.34. The van der Waals surface area contributed by atoms with Crippen LogP contribution in [0, 0.1) is 0 Å². The molecule has 4 rings (SSSR count). The number of aromatic nitrogens is 4. The van der Waals surface area contributed by atoms with Crippen LogP contribution < -0.4 is 5.32 Å². The van der Waals surface area contributed by atoms with Gasteiger partial charge >= 0.3 is 0 Å². The molecule has 2 heterocycles. The fourth-order valence-corrected chi connectivity index (χ4v) is 3.07. The highest BCUT2D eigenvalue weighted by molar-refractivity contribution is 5.82. The molecule has 124 valence electrons. The van der Waals surface area contributed by atoms with Crippen LogP contribution in [0.4, 0.5) is 5.82 Å². The van der Waals surface area contributed by atoms with E-state index in [4.69, 9.17) is 0 Å². The van der Waals surface area contributed by atoms with E-state index in [9.17, 15) is 0 Å². The molecule has 4 aromatic rings. The molecule has 0 unspecified atom stereocenters. The van der Waals surface area contributed by atoms with Crippen molar-refractivity contribution in [3.05, 3.63) is 84.4 Å². The Morgan fingerprint density at radius 2 is 1.52 bits per heavy atom. The summed E-state index contributed by atoms with van der Waals surface area (Å²) >= 11 is 0. The second-order valence-corrected chi connectivity index (χ2v) is 6.00. The van der Waals surface area contributed by atoms with Gasteiger partial charge in [-0.25, -0.2) is 15.0 Å². The highest BCUT2D eigenvalue weighted by Crippen LogP contribution is 2.26. The third-order valence-electron chi connectivity index (χ3n) is 4.37. The van der Waals surface area contributed by atoms with Crippen LogP contribution in [0.2, 0.25) is 0 Å². The first-order valence-electron chi connectivity index (χ1n) is 8.28. The van der Waals surface area contributed by atoms with Crippen LogP contribution >= 0.6 is 0 Å². The van der Waals surface area contributed by atoms with Gasteiger partial charge in [0.05, 0.1) is 6.33 Å². The molecular weight excluding hydrogens is 310 g/mol. The Kier molecular flexibility index (Phi) is 4.12. The minimum atomic E-state index is 0.233. The highest BCUT2D eigenvalue weighted by atomic mass is 15.1. The summed E-state index contributed by atoms with van der Waals surface area (Å²) in [7, 11) is 1.93. The van der Waals surface area contributed by atoms with Gasteiger partial charge in [-0.1, -0.05) is 60.7 Å². The molecule has 0 fully saturated rings. The molecule has 0 saturated carbocycles. The number of hydrogen-bond donors (Lipinski definition) is 1. The van der Waals surface area contributed by atoms with E-state index in [2.05, 4.69) is 68.8 Å². The van der Waals surface area contributed by atoms with E-state index in [-0.39, 0.29) is 5.92 Å². The molecule has 2 aromatic heterocycles. The van der Waals surface area contributed by atoms with Crippen LogP contribution in [-0.2, 0) is 7.05 Å². The van der Waals surface area contributed by atoms with Crippen LogP contribution in [0.5, 0.6) is 0 Å². The summed E-state index contributed by atoms with van der Waals surface area (Å²) in [5.41, 5.74) is 4.17. The van der Waals surface area contributed by atoms with Crippen LogP contribution in [0.3, 0.4) is 0 Å². The third-order valence-corrected chi connectivity index (χ3v) is 4.37. The molecule has 25 heavy (non-hydrogen) atoms. The molecule has 2 aromatic carbocycles. The fourth-order valence-electron chi connectivity index (χ4n) is 3.07. The molecule has 0 saturated heterocycles. The van der Waals surface area contributed by atoms with Crippen molar-refractivity contribution in [2.24, 2.45) is 7.05 Å². The lowest BCUT2D eigenvalue weighted by Crippen LogP contribution is -2.15. The van der Waals surface area contributed by atoms with E-state index in [0.29, 0.717) is 0 Å². The maximum Gasteiger partial charge on any atom is 0.165 e. The quantitative estimate of drug-likeness (QED) is 0.608. The molecule has 0 bridgehead atoms. The van der Waals surface area contributed by atoms with Crippen LogP contribution in [0.15, 0.2) is 73.3 Å². The normalized spacial score (nSPS) is 11.1. The Labute approximate surface area is 146 Å². The molecule has 0 radical (unpaired) electrons. The summed E-state index contributed by atoms with van der Waals surface area (Å²) in [5, 5.41) is 3.47. The van der Waals surface area contributed by atoms with Gasteiger partial charge in [0.1, 0.15) is 11.8 Å². The smallest absolute Gasteiger partial charge is 0.165 e. The van der Waals surface area contributed by atoms with Crippen molar-refractivity contribution in [2.45, 2.75) is 5.92 Å². The summed E-state index contributed by atoms with van der Waals surface area (Å²) in [4.78, 5) is 13.1. The van der Waals surface area contributed by atoms with Gasteiger partial charge in [-0.05, 0) is 11.1 Å². The van der Waals surface area contributed by atoms with Gasteiger partial charge < -0.3 is 9.88 Å². The molecule has 0 aliphatic rings. The fraction of sp³-hybridized carbons (Fsp3) is 0.150. The van der Waals surface area contributed by atoms with Gasteiger partial charge in [0, 0.05) is 19.5 Å². The van der Waals surface area contributed by atoms with E-state index in [1.807, 2.05) is 23.7 Å². The minimum absolute atomic E-state index is 0.233. The summed E-state index contributed by atoms with van der Waals surface area (Å²) in [6, 6.07) is 21.0. The zero-order valence-electron chi connectivity index (χ0n) is 14.0. The topological polar surface area (TPSA) is 55.6 Å². The van der Waals surface area contributed by atoms with Crippen molar-refractivity contribution in [3.8, 4) is 0 Å². The third kappa shape index (κ3) is 3.08. The van der Waals surface area contributed by atoms with Crippen LogP contribution in [-0.4, -0.2) is 26.1 Å². The number of nitrogens with zero attached hydrogens (tertiary/aromatic N) is 4. The van der Waals surface area contributed by atoms with Crippen LogP contribution in [0.25, 0.3) is 11.2 Å². The number of benzene rings is 2. The molecule has 5 heteroatoms. The van der Waals surface area contributed by atoms with Crippen molar-refractivity contribution in [3.63, 3.8) is 0 Å². The van der Waals surface area contributed by atoms with Crippen molar-refractivity contribution >= 4 is 17.0 Å². The van der Waals surface area contributed by atoms with Gasteiger partial charge in [-0.2, -0.15) is 0 Å². The number of anilines is 1. The number of aryl methyl sites for hydroxylation is 1.